The second-order valence-corrected chi connectivity index (χ2v) is 8.53. The number of aliphatic imine (C=N–C) groups is 1. The zero-order valence-corrected chi connectivity index (χ0v) is 17.1. The molecule has 0 N–H and O–H groups in total. The number of halogens is 1. The van der Waals surface area contributed by atoms with Crippen LogP contribution in [0, 0.1) is 0 Å². The first kappa shape index (κ1) is 18.2. The maximum atomic E-state index is 6.13. The van der Waals surface area contributed by atoms with Crippen molar-refractivity contribution in [2.45, 2.75) is 12.1 Å². The van der Waals surface area contributed by atoms with E-state index in [0.717, 1.165) is 10.4 Å². The highest BCUT2D eigenvalue weighted by Crippen LogP contribution is 2.37. The van der Waals surface area contributed by atoms with Gasteiger partial charge < -0.3 is 9.30 Å². The van der Waals surface area contributed by atoms with Gasteiger partial charge in [-0.25, -0.2) is 9.98 Å². The molecule has 5 rings (SSSR count). The van der Waals surface area contributed by atoms with Crippen molar-refractivity contribution in [2.75, 3.05) is 6.61 Å². The number of nitrogens with zero attached hydrogens (tertiary/aromatic N) is 3. The summed E-state index contributed by atoms with van der Waals surface area (Å²) in [6, 6.07) is 22.4. The Labute approximate surface area is 178 Å². The quantitative estimate of drug-likeness (QED) is 0.420. The zero-order chi connectivity index (χ0) is 19.7. The molecule has 0 radical (unpaired) electrons. The molecule has 0 fully saturated rings. The van der Waals surface area contributed by atoms with E-state index < -0.39 is 5.54 Å². The molecule has 4 nitrogen and oxygen atoms in total. The van der Waals surface area contributed by atoms with Crippen LogP contribution in [0.5, 0.6) is 0 Å². The Balaban J connectivity index is 1.52. The summed E-state index contributed by atoms with van der Waals surface area (Å²) >= 11 is 7.80. The molecule has 1 atom stereocenters. The van der Waals surface area contributed by atoms with Gasteiger partial charge in [-0.3, -0.25) is 0 Å². The fourth-order valence-electron chi connectivity index (χ4n) is 3.55. The second-order valence-electron chi connectivity index (χ2n) is 7.01. The minimum atomic E-state index is -0.516. The van der Waals surface area contributed by atoms with Crippen molar-refractivity contribution in [3.05, 3.63) is 101 Å². The Morgan fingerprint density at radius 2 is 1.79 bits per heavy atom. The molecule has 2 aromatic carbocycles. The molecule has 1 aliphatic heterocycles. The molecule has 0 aliphatic carbocycles. The maximum Gasteiger partial charge on any atom is 0.227 e. The highest BCUT2D eigenvalue weighted by Gasteiger charge is 2.39. The average molecular weight is 420 g/mol. The monoisotopic (exact) mass is 419 g/mol. The van der Waals surface area contributed by atoms with E-state index in [4.69, 9.17) is 21.3 Å². The van der Waals surface area contributed by atoms with E-state index in [9.17, 15) is 0 Å². The Kier molecular flexibility index (Phi) is 4.70. The lowest BCUT2D eigenvalue weighted by Crippen LogP contribution is -2.31. The molecule has 0 spiro atoms. The van der Waals surface area contributed by atoms with Crippen LogP contribution in [0.25, 0.3) is 10.4 Å². The summed E-state index contributed by atoms with van der Waals surface area (Å²) in [7, 11) is 0. The third-order valence-electron chi connectivity index (χ3n) is 5.02. The lowest BCUT2D eigenvalue weighted by atomic mass is 9.91. The summed E-state index contributed by atoms with van der Waals surface area (Å²) in [5.74, 6) is 0.687. The first-order chi connectivity index (χ1) is 14.2. The molecule has 0 amide bonds. The predicted molar refractivity (Wildman–Crippen MR) is 118 cm³/mol. The molecule has 29 heavy (non-hydrogen) atoms. The van der Waals surface area contributed by atoms with Gasteiger partial charge in [-0.05, 0) is 35.4 Å². The van der Waals surface area contributed by atoms with Crippen LogP contribution in [0.4, 0.5) is 0 Å². The molecular weight excluding hydrogens is 402 g/mol. The van der Waals surface area contributed by atoms with Crippen LogP contribution in [0.2, 0.25) is 5.02 Å². The summed E-state index contributed by atoms with van der Waals surface area (Å²) in [6.07, 6.45) is 5.54. The van der Waals surface area contributed by atoms with E-state index in [2.05, 4.69) is 41.4 Å². The van der Waals surface area contributed by atoms with Crippen LogP contribution in [-0.4, -0.2) is 22.1 Å². The second kappa shape index (κ2) is 7.50. The van der Waals surface area contributed by atoms with Gasteiger partial charge in [0.1, 0.15) is 12.1 Å². The van der Waals surface area contributed by atoms with Gasteiger partial charge in [-0.2, -0.15) is 0 Å². The zero-order valence-electron chi connectivity index (χ0n) is 15.5. The lowest BCUT2D eigenvalue weighted by molar-refractivity contribution is 0.236. The molecule has 6 heteroatoms. The van der Waals surface area contributed by atoms with Crippen molar-refractivity contribution < 1.29 is 4.74 Å². The van der Waals surface area contributed by atoms with Crippen LogP contribution in [0.1, 0.15) is 10.4 Å². The first-order valence-electron chi connectivity index (χ1n) is 9.32. The Bertz CT molecular complexity index is 1140. The van der Waals surface area contributed by atoms with E-state index in [0.29, 0.717) is 24.1 Å². The third kappa shape index (κ3) is 3.59. The number of hydrogen-bond donors (Lipinski definition) is 0. The van der Waals surface area contributed by atoms with E-state index >= 15 is 0 Å². The van der Waals surface area contributed by atoms with Gasteiger partial charge in [-0.1, -0.05) is 54.1 Å². The van der Waals surface area contributed by atoms with Gasteiger partial charge in [0.2, 0.25) is 5.90 Å². The topological polar surface area (TPSA) is 39.4 Å². The van der Waals surface area contributed by atoms with Gasteiger partial charge >= 0.3 is 0 Å². The van der Waals surface area contributed by atoms with Crippen LogP contribution in [0.15, 0.2) is 90.4 Å². The number of ether oxygens (including phenoxy) is 1. The summed E-state index contributed by atoms with van der Waals surface area (Å²) in [6.45, 7) is 1.12. The molecule has 0 bridgehead atoms. The van der Waals surface area contributed by atoms with Gasteiger partial charge in [-0.15, -0.1) is 11.3 Å². The number of benzene rings is 2. The number of thiophene rings is 1. The number of imidazole rings is 1. The molecule has 1 aliphatic rings. The maximum absolute atomic E-state index is 6.13. The summed E-state index contributed by atoms with van der Waals surface area (Å²) in [5, 5.41) is 0.709. The predicted octanol–water partition coefficient (Wildman–Crippen LogP) is 5.64. The summed E-state index contributed by atoms with van der Waals surface area (Å²) in [5.41, 5.74) is 1.76. The molecule has 144 valence electrons. The van der Waals surface area contributed by atoms with Gasteiger partial charge in [0.25, 0.3) is 0 Å². The van der Waals surface area contributed by atoms with Crippen molar-refractivity contribution in [2.24, 2.45) is 4.99 Å². The van der Waals surface area contributed by atoms with Crippen molar-refractivity contribution in [3.8, 4) is 10.4 Å². The van der Waals surface area contributed by atoms with Gasteiger partial charge in [0.05, 0.1) is 17.7 Å². The molecule has 1 unspecified atom stereocenters. The normalized spacial score (nSPS) is 18.4. The van der Waals surface area contributed by atoms with E-state index in [1.165, 1.54) is 10.4 Å². The van der Waals surface area contributed by atoms with E-state index in [1.807, 2.05) is 47.4 Å². The summed E-state index contributed by atoms with van der Waals surface area (Å²) in [4.78, 5) is 11.5. The largest absolute Gasteiger partial charge is 0.474 e. The number of hydrogen-bond acceptors (Lipinski definition) is 4. The SMILES string of the molecule is Clc1ccc(C2(Cn3ccnc3)COC(c3ccc(-c4ccccc4)s3)=N2)cc1. The van der Waals surface area contributed by atoms with Gasteiger partial charge in [0.15, 0.2) is 0 Å². The van der Waals surface area contributed by atoms with Crippen molar-refractivity contribution in [1.82, 2.24) is 9.55 Å². The Hall–Kier alpha value is -2.89. The molecule has 0 saturated carbocycles. The van der Waals surface area contributed by atoms with Crippen LogP contribution >= 0.6 is 22.9 Å². The first-order valence-corrected chi connectivity index (χ1v) is 10.5. The Morgan fingerprint density at radius 3 is 2.55 bits per heavy atom. The minimum absolute atomic E-state index is 0.473. The molecule has 3 heterocycles. The summed E-state index contributed by atoms with van der Waals surface area (Å²) < 4.78 is 8.17. The highest BCUT2D eigenvalue weighted by molar-refractivity contribution is 7.17. The van der Waals surface area contributed by atoms with Crippen molar-refractivity contribution >= 4 is 28.8 Å². The minimum Gasteiger partial charge on any atom is -0.474 e. The van der Waals surface area contributed by atoms with Crippen molar-refractivity contribution in [1.29, 1.82) is 0 Å². The van der Waals surface area contributed by atoms with Crippen LogP contribution in [-0.2, 0) is 16.8 Å². The van der Waals surface area contributed by atoms with E-state index in [-0.39, 0.29) is 0 Å². The van der Waals surface area contributed by atoms with Crippen molar-refractivity contribution in [3.63, 3.8) is 0 Å². The van der Waals surface area contributed by atoms with Crippen LogP contribution < -0.4 is 0 Å². The smallest absolute Gasteiger partial charge is 0.227 e. The third-order valence-corrected chi connectivity index (χ3v) is 6.40. The Morgan fingerprint density at radius 1 is 1.00 bits per heavy atom. The lowest BCUT2D eigenvalue weighted by Gasteiger charge is -2.25. The molecule has 2 aromatic heterocycles. The highest BCUT2D eigenvalue weighted by atomic mass is 35.5. The standard InChI is InChI=1S/C23H18ClN3OS/c24-19-8-6-18(7-9-19)23(14-27-13-12-25-16-27)15-28-22(26-23)21-11-10-20(29-21)17-4-2-1-3-5-17/h1-13,16H,14-15H2. The average Bonchev–Trinajstić information content (AvgIpc) is 3.51. The van der Waals surface area contributed by atoms with Crippen LogP contribution in [0.3, 0.4) is 0 Å². The molecule has 0 saturated heterocycles. The fourth-order valence-corrected chi connectivity index (χ4v) is 4.63. The van der Waals surface area contributed by atoms with Gasteiger partial charge in [0, 0.05) is 22.3 Å². The number of rotatable bonds is 5. The fraction of sp³-hybridized carbons (Fsp3) is 0.130. The molecular formula is C23H18ClN3OS. The van der Waals surface area contributed by atoms with E-state index in [1.54, 1.807) is 17.5 Å². The number of aromatic nitrogens is 2. The molecule has 4 aromatic rings.